The molecule has 0 radical (unpaired) electrons. The van der Waals surface area contributed by atoms with Crippen LogP contribution in [0.3, 0.4) is 0 Å². The van der Waals surface area contributed by atoms with Gasteiger partial charge in [0.05, 0.1) is 5.41 Å². The SMILES string of the molecule is CN1CCCCC1C1(C(=O)O)CCOCC1. The predicted molar refractivity (Wildman–Crippen MR) is 60.4 cm³/mol. The average Bonchev–Trinajstić information content (AvgIpc) is 2.30. The molecule has 2 aliphatic rings. The van der Waals surface area contributed by atoms with Crippen LogP contribution in [0.15, 0.2) is 0 Å². The fourth-order valence-corrected chi connectivity index (χ4v) is 3.20. The number of aliphatic carboxylic acids is 1. The summed E-state index contributed by atoms with van der Waals surface area (Å²) in [4.78, 5) is 13.9. The van der Waals surface area contributed by atoms with Crippen LogP contribution in [-0.2, 0) is 9.53 Å². The summed E-state index contributed by atoms with van der Waals surface area (Å²) in [5.74, 6) is -0.630. The van der Waals surface area contributed by atoms with E-state index in [9.17, 15) is 9.90 Å². The van der Waals surface area contributed by atoms with Gasteiger partial charge in [-0.1, -0.05) is 6.42 Å². The monoisotopic (exact) mass is 227 g/mol. The van der Waals surface area contributed by atoms with Crippen LogP contribution >= 0.6 is 0 Å². The standard InChI is InChI=1S/C12H21NO3/c1-13-7-3-2-4-10(13)12(11(14)15)5-8-16-9-6-12/h10H,2-9H2,1H3,(H,14,15). The van der Waals surface area contributed by atoms with Gasteiger partial charge in [0.2, 0.25) is 0 Å². The van der Waals surface area contributed by atoms with E-state index in [1.54, 1.807) is 0 Å². The van der Waals surface area contributed by atoms with Gasteiger partial charge in [0.1, 0.15) is 0 Å². The van der Waals surface area contributed by atoms with Crippen LogP contribution in [0.2, 0.25) is 0 Å². The van der Waals surface area contributed by atoms with Gasteiger partial charge in [-0.3, -0.25) is 4.79 Å². The number of piperidine rings is 1. The molecule has 2 rings (SSSR count). The van der Waals surface area contributed by atoms with Crippen molar-refractivity contribution in [3.8, 4) is 0 Å². The van der Waals surface area contributed by atoms with Gasteiger partial charge in [-0.15, -0.1) is 0 Å². The summed E-state index contributed by atoms with van der Waals surface area (Å²) in [6.07, 6.45) is 4.70. The van der Waals surface area contributed by atoms with E-state index in [1.807, 2.05) is 0 Å². The summed E-state index contributed by atoms with van der Waals surface area (Å²) in [7, 11) is 2.06. The summed E-state index contributed by atoms with van der Waals surface area (Å²) >= 11 is 0. The maximum Gasteiger partial charge on any atom is 0.311 e. The number of carbonyl (C=O) groups is 1. The zero-order valence-corrected chi connectivity index (χ0v) is 9.95. The molecule has 0 spiro atoms. The van der Waals surface area contributed by atoms with Gasteiger partial charge in [-0.05, 0) is 39.3 Å². The molecule has 4 heteroatoms. The highest BCUT2D eigenvalue weighted by atomic mass is 16.5. The molecule has 0 aromatic carbocycles. The molecule has 4 nitrogen and oxygen atoms in total. The van der Waals surface area contributed by atoms with Gasteiger partial charge in [0.15, 0.2) is 0 Å². The number of hydrogen-bond donors (Lipinski definition) is 1. The van der Waals surface area contributed by atoms with Gasteiger partial charge in [0, 0.05) is 19.3 Å². The Hall–Kier alpha value is -0.610. The molecule has 16 heavy (non-hydrogen) atoms. The molecule has 1 unspecified atom stereocenters. The highest BCUT2D eigenvalue weighted by Crippen LogP contribution is 2.40. The first-order valence-electron chi connectivity index (χ1n) is 6.18. The summed E-state index contributed by atoms with van der Waals surface area (Å²) in [6, 6.07) is 0.197. The van der Waals surface area contributed by atoms with Crippen molar-refractivity contribution in [3.63, 3.8) is 0 Å². The molecule has 1 N–H and O–H groups in total. The lowest BCUT2D eigenvalue weighted by Crippen LogP contribution is -2.55. The molecule has 0 amide bonds. The van der Waals surface area contributed by atoms with E-state index >= 15 is 0 Å². The minimum absolute atomic E-state index is 0.197. The van der Waals surface area contributed by atoms with E-state index in [4.69, 9.17) is 4.74 Å². The lowest BCUT2D eigenvalue weighted by Gasteiger charge is -2.46. The number of carboxylic acids is 1. The van der Waals surface area contributed by atoms with Crippen molar-refractivity contribution in [1.29, 1.82) is 0 Å². The first-order chi connectivity index (χ1) is 7.67. The summed E-state index contributed by atoms with van der Waals surface area (Å²) in [5, 5.41) is 9.58. The molecular formula is C12H21NO3. The lowest BCUT2D eigenvalue weighted by molar-refractivity contribution is -0.162. The Morgan fingerprint density at radius 1 is 1.38 bits per heavy atom. The fourth-order valence-electron chi connectivity index (χ4n) is 3.20. The summed E-state index contributed by atoms with van der Waals surface area (Å²) < 4.78 is 5.32. The predicted octanol–water partition coefficient (Wildman–Crippen LogP) is 1.35. The third-order valence-corrected chi connectivity index (χ3v) is 4.22. The molecule has 0 bridgehead atoms. The number of ether oxygens (including phenoxy) is 1. The van der Waals surface area contributed by atoms with E-state index in [2.05, 4.69) is 11.9 Å². The van der Waals surface area contributed by atoms with Crippen LogP contribution in [0.5, 0.6) is 0 Å². The van der Waals surface area contributed by atoms with Gasteiger partial charge in [0.25, 0.3) is 0 Å². The Morgan fingerprint density at radius 2 is 2.06 bits per heavy atom. The van der Waals surface area contributed by atoms with Crippen molar-refractivity contribution in [2.24, 2.45) is 5.41 Å². The molecule has 2 aliphatic heterocycles. The molecule has 0 aromatic heterocycles. The normalized spacial score (nSPS) is 31.2. The number of nitrogens with zero attached hydrogens (tertiary/aromatic N) is 1. The van der Waals surface area contributed by atoms with E-state index in [0.29, 0.717) is 26.1 Å². The number of likely N-dealkylation sites (tertiary alicyclic amines) is 1. The van der Waals surface area contributed by atoms with E-state index in [1.165, 1.54) is 6.42 Å². The molecule has 2 heterocycles. The Morgan fingerprint density at radius 3 is 2.62 bits per heavy atom. The van der Waals surface area contributed by atoms with E-state index in [0.717, 1.165) is 19.4 Å². The molecule has 2 saturated heterocycles. The van der Waals surface area contributed by atoms with Gasteiger partial charge in [-0.2, -0.15) is 0 Å². The maximum atomic E-state index is 11.6. The van der Waals surface area contributed by atoms with Crippen LogP contribution in [-0.4, -0.2) is 48.8 Å². The Labute approximate surface area is 96.6 Å². The lowest BCUT2D eigenvalue weighted by atomic mass is 9.70. The van der Waals surface area contributed by atoms with Crippen molar-refractivity contribution < 1.29 is 14.6 Å². The first kappa shape index (κ1) is 11.9. The zero-order valence-electron chi connectivity index (χ0n) is 9.95. The molecule has 0 saturated carbocycles. The number of rotatable bonds is 2. The third kappa shape index (κ3) is 1.96. The summed E-state index contributed by atoms with van der Waals surface area (Å²) in [5.41, 5.74) is -0.562. The Bertz CT molecular complexity index is 261. The van der Waals surface area contributed by atoms with Crippen molar-refractivity contribution >= 4 is 5.97 Å². The first-order valence-corrected chi connectivity index (χ1v) is 6.18. The second-order valence-corrected chi connectivity index (χ2v) is 5.07. The van der Waals surface area contributed by atoms with Crippen LogP contribution in [0, 0.1) is 5.41 Å². The van der Waals surface area contributed by atoms with Gasteiger partial charge >= 0.3 is 5.97 Å². The van der Waals surface area contributed by atoms with Crippen molar-refractivity contribution in [2.45, 2.75) is 38.1 Å². The van der Waals surface area contributed by atoms with Gasteiger partial charge < -0.3 is 14.7 Å². The quantitative estimate of drug-likeness (QED) is 0.773. The second kappa shape index (κ2) is 4.72. The Balaban J connectivity index is 2.19. The average molecular weight is 227 g/mol. The topological polar surface area (TPSA) is 49.8 Å². The van der Waals surface area contributed by atoms with Gasteiger partial charge in [-0.25, -0.2) is 0 Å². The molecular weight excluding hydrogens is 206 g/mol. The summed E-state index contributed by atoms with van der Waals surface area (Å²) in [6.45, 7) is 2.22. The van der Waals surface area contributed by atoms with Crippen molar-refractivity contribution in [3.05, 3.63) is 0 Å². The largest absolute Gasteiger partial charge is 0.481 e. The zero-order chi connectivity index (χ0) is 11.6. The molecule has 0 aromatic rings. The molecule has 92 valence electrons. The van der Waals surface area contributed by atoms with Crippen LogP contribution < -0.4 is 0 Å². The third-order valence-electron chi connectivity index (χ3n) is 4.22. The van der Waals surface area contributed by atoms with Crippen molar-refractivity contribution in [1.82, 2.24) is 4.90 Å². The maximum absolute atomic E-state index is 11.6. The molecule has 0 aliphatic carbocycles. The molecule has 1 atom stereocenters. The Kier molecular flexibility index (Phi) is 3.50. The van der Waals surface area contributed by atoms with Crippen LogP contribution in [0.1, 0.15) is 32.1 Å². The molecule has 2 fully saturated rings. The van der Waals surface area contributed by atoms with E-state index < -0.39 is 11.4 Å². The second-order valence-electron chi connectivity index (χ2n) is 5.07. The fraction of sp³-hybridized carbons (Fsp3) is 0.917. The van der Waals surface area contributed by atoms with Crippen LogP contribution in [0.25, 0.3) is 0 Å². The minimum atomic E-state index is -0.630. The highest BCUT2D eigenvalue weighted by molar-refractivity contribution is 5.75. The van der Waals surface area contributed by atoms with Crippen LogP contribution in [0.4, 0.5) is 0 Å². The smallest absolute Gasteiger partial charge is 0.311 e. The highest BCUT2D eigenvalue weighted by Gasteiger charge is 2.48. The van der Waals surface area contributed by atoms with Crippen molar-refractivity contribution in [2.75, 3.05) is 26.8 Å². The minimum Gasteiger partial charge on any atom is -0.481 e. The van der Waals surface area contributed by atoms with E-state index in [-0.39, 0.29) is 6.04 Å². The number of carboxylic acid groups (broad SMARTS) is 1. The number of hydrogen-bond acceptors (Lipinski definition) is 3.